The van der Waals surface area contributed by atoms with E-state index in [4.69, 9.17) is 16.6 Å². The molecule has 0 spiro atoms. The molecule has 0 fully saturated rings. The highest BCUT2D eigenvalue weighted by molar-refractivity contribution is 8.00. The van der Waals surface area contributed by atoms with E-state index >= 15 is 0 Å². The molecule has 1 heterocycles. The molecular formula is C28H20ClN3O2S. The van der Waals surface area contributed by atoms with Crippen LogP contribution in [0.5, 0.6) is 0 Å². The van der Waals surface area contributed by atoms with Crippen LogP contribution < -0.4 is 5.32 Å². The van der Waals surface area contributed by atoms with E-state index in [-0.39, 0.29) is 17.4 Å². The summed E-state index contributed by atoms with van der Waals surface area (Å²) in [6.45, 7) is 1.49. The van der Waals surface area contributed by atoms with E-state index in [1.165, 1.54) is 18.7 Å². The predicted octanol–water partition coefficient (Wildman–Crippen LogP) is 6.87. The lowest BCUT2D eigenvalue weighted by Crippen LogP contribution is -2.14. The number of ketones is 1. The molecule has 0 aliphatic rings. The molecule has 4 rings (SSSR count). The molecule has 1 amide bonds. The van der Waals surface area contributed by atoms with Crippen LogP contribution in [-0.4, -0.2) is 22.4 Å². The largest absolute Gasteiger partial charge is 0.325 e. The Bertz CT molecular complexity index is 1430. The average molecular weight is 498 g/mol. The van der Waals surface area contributed by atoms with Crippen molar-refractivity contribution in [3.8, 4) is 28.5 Å². The minimum Gasteiger partial charge on any atom is -0.325 e. The molecule has 3 aromatic carbocycles. The Kier molecular flexibility index (Phi) is 7.61. The zero-order valence-corrected chi connectivity index (χ0v) is 20.4. The molecule has 1 N–H and O–H groups in total. The van der Waals surface area contributed by atoms with E-state index in [1.807, 2.05) is 54.6 Å². The van der Waals surface area contributed by atoms with Crippen LogP contribution in [0.1, 0.15) is 22.8 Å². The zero-order chi connectivity index (χ0) is 24.8. The fourth-order valence-electron chi connectivity index (χ4n) is 3.50. The van der Waals surface area contributed by atoms with Crippen molar-refractivity contribution >= 4 is 40.7 Å². The number of nitrogens with one attached hydrogen (secondary N) is 1. The van der Waals surface area contributed by atoms with Gasteiger partial charge >= 0.3 is 0 Å². The molecule has 172 valence electrons. The number of thioether (sulfide) groups is 1. The van der Waals surface area contributed by atoms with E-state index < -0.39 is 0 Å². The Balaban J connectivity index is 1.65. The lowest BCUT2D eigenvalue weighted by molar-refractivity contribution is -0.113. The van der Waals surface area contributed by atoms with Gasteiger partial charge < -0.3 is 5.32 Å². The number of hydrogen-bond donors (Lipinski definition) is 1. The minimum absolute atomic E-state index is 0.0406. The Morgan fingerprint density at radius 1 is 0.971 bits per heavy atom. The van der Waals surface area contributed by atoms with Gasteiger partial charge in [-0.2, -0.15) is 5.26 Å². The summed E-state index contributed by atoms with van der Waals surface area (Å²) < 4.78 is 0. The lowest BCUT2D eigenvalue weighted by Gasteiger charge is -2.13. The summed E-state index contributed by atoms with van der Waals surface area (Å²) in [5, 5.41) is 13.8. The first-order valence-corrected chi connectivity index (χ1v) is 12.1. The maximum atomic E-state index is 12.6. The molecule has 0 radical (unpaired) electrons. The molecule has 0 atom stereocenters. The number of halogens is 1. The number of benzene rings is 3. The molecule has 0 aliphatic carbocycles. The minimum atomic E-state index is -0.249. The SMILES string of the molecule is CC(=O)c1ccc(NC(=O)CSc2nc(-c3ccccc3)cc(-c3ccccc3Cl)c2C#N)cc1. The Labute approximate surface area is 212 Å². The van der Waals surface area contributed by atoms with Crippen molar-refractivity contribution in [2.24, 2.45) is 0 Å². The third kappa shape index (κ3) is 5.78. The highest BCUT2D eigenvalue weighted by Crippen LogP contribution is 2.37. The van der Waals surface area contributed by atoms with Gasteiger partial charge in [-0.1, -0.05) is 71.9 Å². The van der Waals surface area contributed by atoms with E-state index in [2.05, 4.69) is 11.4 Å². The summed E-state index contributed by atoms with van der Waals surface area (Å²) in [5.41, 5.74) is 4.48. The van der Waals surface area contributed by atoms with Crippen molar-refractivity contribution in [1.82, 2.24) is 4.98 Å². The number of anilines is 1. The normalized spacial score (nSPS) is 10.4. The fraction of sp³-hybridized carbons (Fsp3) is 0.0714. The van der Waals surface area contributed by atoms with Crippen LogP contribution in [0.2, 0.25) is 5.02 Å². The molecule has 7 heteroatoms. The van der Waals surface area contributed by atoms with Crippen LogP contribution in [-0.2, 0) is 4.79 Å². The van der Waals surface area contributed by atoms with Crippen LogP contribution >= 0.6 is 23.4 Å². The highest BCUT2D eigenvalue weighted by Gasteiger charge is 2.18. The smallest absolute Gasteiger partial charge is 0.234 e. The number of amides is 1. The number of carbonyl (C=O) groups excluding carboxylic acids is 2. The van der Waals surface area contributed by atoms with Gasteiger partial charge in [0.25, 0.3) is 0 Å². The van der Waals surface area contributed by atoms with Crippen molar-refractivity contribution in [1.29, 1.82) is 5.26 Å². The van der Waals surface area contributed by atoms with Crippen molar-refractivity contribution in [2.45, 2.75) is 11.9 Å². The number of rotatable bonds is 7. The molecule has 4 aromatic rings. The van der Waals surface area contributed by atoms with Gasteiger partial charge in [0, 0.05) is 33.0 Å². The van der Waals surface area contributed by atoms with Gasteiger partial charge in [0.2, 0.25) is 5.91 Å². The highest BCUT2D eigenvalue weighted by atomic mass is 35.5. The summed E-state index contributed by atoms with van der Waals surface area (Å²) in [6.07, 6.45) is 0. The second-order valence-corrected chi connectivity index (χ2v) is 9.03. The third-order valence-corrected chi connectivity index (χ3v) is 6.55. The summed E-state index contributed by atoms with van der Waals surface area (Å²) in [5.74, 6) is -0.238. The number of hydrogen-bond acceptors (Lipinski definition) is 5. The van der Waals surface area contributed by atoms with Crippen LogP contribution in [0.4, 0.5) is 5.69 Å². The number of carbonyl (C=O) groups is 2. The van der Waals surface area contributed by atoms with Crippen molar-refractivity contribution in [2.75, 3.05) is 11.1 Å². The standard InChI is InChI=1S/C28H20ClN3O2S/c1-18(33)19-11-13-21(14-12-19)31-27(34)17-35-28-24(16-30)23(22-9-5-6-10-25(22)29)15-26(32-28)20-7-3-2-4-8-20/h2-15H,17H2,1H3,(H,31,34). The van der Waals surface area contributed by atoms with E-state index in [0.717, 1.165) is 11.1 Å². The van der Waals surface area contributed by atoms with Crippen molar-refractivity contribution in [3.63, 3.8) is 0 Å². The first kappa shape index (κ1) is 24.2. The maximum Gasteiger partial charge on any atom is 0.234 e. The van der Waals surface area contributed by atoms with Crippen LogP contribution in [0, 0.1) is 11.3 Å². The van der Waals surface area contributed by atoms with Crippen LogP contribution in [0.25, 0.3) is 22.4 Å². The number of nitrogens with zero attached hydrogens (tertiary/aromatic N) is 2. The molecule has 35 heavy (non-hydrogen) atoms. The lowest BCUT2D eigenvalue weighted by atomic mass is 9.99. The van der Waals surface area contributed by atoms with Gasteiger partial charge in [-0.05, 0) is 43.3 Å². The second kappa shape index (κ2) is 11.0. The first-order valence-electron chi connectivity index (χ1n) is 10.8. The molecule has 0 unspecified atom stereocenters. The Morgan fingerprint density at radius 2 is 1.66 bits per heavy atom. The summed E-state index contributed by atoms with van der Waals surface area (Å²) in [6, 6.07) is 27.8. The summed E-state index contributed by atoms with van der Waals surface area (Å²) in [7, 11) is 0. The number of nitriles is 1. The second-order valence-electron chi connectivity index (χ2n) is 7.66. The van der Waals surface area contributed by atoms with E-state index in [0.29, 0.717) is 38.1 Å². The van der Waals surface area contributed by atoms with Gasteiger partial charge in [0.05, 0.1) is 17.0 Å². The number of pyridine rings is 1. The fourth-order valence-corrected chi connectivity index (χ4v) is 4.54. The molecule has 0 saturated heterocycles. The molecular weight excluding hydrogens is 478 g/mol. The summed E-state index contributed by atoms with van der Waals surface area (Å²) >= 11 is 7.65. The van der Waals surface area contributed by atoms with E-state index in [1.54, 1.807) is 30.3 Å². The molecule has 0 bridgehead atoms. The maximum absolute atomic E-state index is 12.6. The van der Waals surface area contributed by atoms with Crippen molar-refractivity contribution < 1.29 is 9.59 Å². The van der Waals surface area contributed by atoms with Gasteiger partial charge in [-0.3, -0.25) is 9.59 Å². The summed E-state index contributed by atoms with van der Waals surface area (Å²) in [4.78, 5) is 28.8. The number of aromatic nitrogens is 1. The quantitative estimate of drug-likeness (QED) is 0.222. The topological polar surface area (TPSA) is 82.8 Å². The van der Waals surface area contributed by atoms with Crippen LogP contribution in [0.3, 0.4) is 0 Å². The average Bonchev–Trinajstić information content (AvgIpc) is 2.88. The van der Waals surface area contributed by atoms with Gasteiger partial charge in [-0.15, -0.1) is 0 Å². The molecule has 5 nitrogen and oxygen atoms in total. The van der Waals surface area contributed by atoms with Crippen molar-refractivity contribution in [3.05, 3.63) is 101 Å². The third-order valence-electron chi connectivity index (χ3n) is 5.25. The first-order chi connectivity index (χ1) is 17.0. The molecule has 0 saturated carbocycles. The van der Waals surface area contributed by atoms with E-state index in [9.17, 15) is 14.9 Å². The van der Waals surface area contributed by atoms with Gasteiger partial charge in [0.15, 0.2) is 5.78 Å². The predicted molar refractivity (Wildman–Crippen MR) is 141 cm³/mol. The van der Waals surface area contributed by atoms with Crippen LogP contribution in [0.15, 0.2) is 90.0 Å². The number of Topliss-reactive ketones (excluding diaryl/α,β-unsaturated/α-hetero) is 1. The van der Waals surface area contributed by atoms with Gasteiger partial charge in [0.1, 0.15) is 11.1 Å². The molecule has 1 aromatic heterocycles. The Hall–Kier alpha value is -3.92. The monoisotopic (exact) mass is 497 g/mol. The zero-order valence-electron chi connectivity index (χ0n) is 18.8. The Morgan fingerprint density at radius 3 is 2.31 bits per heavy atom. The van der Waals surface area contributed by atoms with Gasteiger partial charge in [-0.25, -0.2) is 4.98 Å². The molecule has 0 aliphatic heterocycles.